The largest absolute Gasteiger partial charge is 0.481 e. The van der Waals surface area contributed by atoms with Crippen LogP contribution in [0.2, 0.25) is 0 Å². The molecular weight excluding hydrogens is 265 g/mol. The number of halogens is 1. The van der Waals surface area contributed by atoms with Crippen LogP contribution in [-0.2, 0) is 9.59 Å². The molecule has 0 unspecified atom stereocenters. The van der Waals surface area contributed by atoms with Crippen LogP contribution in [-0.4, -0.2) is 29.3 Å². The van der Waals surface area contributed by atoms with Crippen LogP contribution >= 0.6 is 0 Å². The van der Waals surface area contributed by atoms with Crippen LogP contribution < -0.4 is 4.90 Å². The van der Waals surface area contributed by atoms with Gasteiger partial charge in [0.1, 0.15) is 5.82 Å². The third-order valence-corrected chi connectivity index (χ3v) is 3.21. The molecule has 1 N–H and O–H groups in total. The van der Waals surface area contributed by atoms with E-state index in [9.17, 15) is 18.8 Å². The van der Waals surface area contributed by atoms with Crippen molar-refractivity contribution in [1.29, 1.82) is 0 Å². The first-order valence-corrected chi connectivity index (χ1v) is 6.39. The first-order chi connectivity index (χ1) is 9.52. The van der Waals surface area contributed by atoms with E-state index in [4.69, 9.17) is 5.11 Å². The fourth-order valence-corrected chi connectivity index (χ4v) is 2.25. The predicted molar refractivity (Wildman–Crippen MR) is 69.2 cm³/mol. The minimum absolute atomic E-state index is 0.0423. The molecule has 1 aliphatic heterocycles. The van der Waals surface area contributed by atoms with Crippen molar-refractivity contribution in [1.82, 2.24) is 0 Å². The van der Waals surface area contributed by atoms with Crippen molar-refractivity contribution < 1.29 is 23.9 Å². The van der Waals surface area contributed by atoms with Gasteiger partial charge in [0, 0.05) is 13.0 Å². The summed E-state index contributed by atoms with van der Waals surface area (Å²) in [5.41, 5.74) is 0.140. The van der Waals surface area contributed by atoms with Crippen molar-refractivity contribution in [3.8, 4) is 0 Å². The molecule has 1 aliphatic rings. The highest BCUT2D eigenvalue weighted by Gasteiger charge is 2.37. The molecule has 1 aromatic rings. The quantitative estimate of drug-likeness (QED) is 0.638. The van der Waals surface area contributed by atoms with Crippen molar-refractivity contribution in [3.05, 3.63) is 29.6 Å². The normalized spacial score (nSPS) is 13.8. The first kappa shape index (κ1) is 14.2. The molecule has 1 amide bonds. The van der Waals surface area contributed by atoms with E-state index in [1.165, 1.54) is 18.2 Å². The molecule has 0 spiro atoms. The molecule has 1 aromatic carbocycles. The Labute approximate surface area is 115 Å². The first-order valence-electron chi connectivity index (χ1n) is 6.39. The lowest BCUT2D eigenvalue weighted by molar-refractivity contribution is -0.137. The van der Waals surface area contributed by atoms with Crippen molar-refractivity contribution in [2.75, 3.05) is 11.4 Å². The van der Waals surface area contributed by atoms with Gasteiger partial charge in [-0.2, -0.15) is 0 Å². The van der Waals surface area contributed by atoms with Crippen LogP contribution in [0.4, 0.5) is 10.1 Å². The van der Waals surface area contributed by atoms with E-state index < -0.39 is 23.5 Å². The number of unbranched alkanes of at least 4 members (excludes halogenated alkanes) is 2. The number of Topliss-reactive ketones (excluding diaryl/α,β-unsaturated/α-hetero) is 1. The Bertz CT molecular complexity index is 570. The number of carboxylic acids is 1. The molecule has 20 heavy (non-hydrogen) atoms. The van der Waals surface area contributed by atoms with Crippen LogP contribution in [0.15, 0.2) is 18.2 Å². The monoisotopic (exact) mass is 279 g/mol. The van der Waals surface area contributed by atoms with Crippen molar-refractivity contribution in [2.45, 2.75) is 25.7 Å². The Balaban J connectivity index is 2.01. The van der Waals surface area contributed by atoms with Gasteiger partial charge in [-0.05, 0) is 25.0 Å². The number of hydrogen-bond acceptors (Lipinski definition) is 3. The highest BCUT2D eigenvalue weighted by molar-refractivity contribution is 6.52. The number of nitrogens with zero attached hydrogens (tertiary/aromatic N) is 1. The zero-order chi connectivity index (χ0) is 14.7. The Kier molecular flexibility index (Phi) is 4.12. The molecule has 0 saturated carbocycles. The number of hydrogen-bond donors (Lipinski definition) is 1. The molecule has 0 atom stereocenters. The number of anilines is 1. The number of carbonyl (C=O) groups is 3. The lowest BCUT2D eigenvalue weighted by Crippen LogP contribution is -2.31. The number of para-hydroxylation sites is 1. The molecular formula is C14H14FNO4. The Morgan fingerprint density at radius 1 is 1.20 bits per heavy atom. The molecule has 0 bridgehead atoms. The number of rotatable bonds is 6. The fraction of sp³-hybridized carbons (Fsp3) is 0.357. The SMILES string of the molecule is O=C(O)CCCCCN1C(=O)C(=O)c2cccc(F)c21. The van der Waals surface area contributed by atoms with E-state index in [2.05, 4.69) is 0 Å². The van der Waals surface area contributed by atoms with E-state index >= 15 is 0 Å². The fourth-order valence-electron chi connectivity index (χ4n) is 2.25. The minimum Gasteiger partial charge on any atom is -0.481 e. The number of aliphatic carboxylic acids is 1. The Morgan fingerprint density at radius 2 is 1.95 bits per heavy atom. The summed E-state index contributed by atoms with van der Waals surface area (Å²) < 4.78 is 13.7. The number of fused-ring (bicyclic) bond motifs is 1. The summed E-state index contributed by atoms with van der Waals surface area (Å²) >= 11 is 0. The van der Waals surface area contributed by atoms with Gasteiger partial charge >= 0.3 is 5.97 Å². The summed E-state index contributed by atoms with van der Waals surface area (Å²) in [6.45, 7) is 0.220. The van der Waals surface area contributed by atoms with Crippen molar-refractivity contribution >= 4 is 23.3 Å². The van der Waals surface area contributed by atoms with Crippen LogP contribution in [0.5, 0.6) is 0 Å². The Morgan fingerprint density at radius 3 is 2.65 bits per heavy atom. The van der Waals surface area contributed by atoms with Gasteiger partial charge in [0.15, 0.2) is 0 Å². The molecule has 0 fully saturated rings. The van der Waals surface area contributed by atoms with Crippen molar-refractivity contribution in [3.63, 3.8) is 0 Å². The zero-order valence-electron chi connectivity index (χ0n) is 10.8. The molecule has 0 aliphatic carbocycles. The third-order valence-electron chi connectivity index (χ3n) is 3.21. The van der Waals surface area contributed by atoms with Gasteiger partial charge in [0.05, 0.1) is 11.3 Å². The van der Waals surface area contributed by atoms with E-state index in [1.807, 2.05) is 0 Å². The summed E-state index contributed by atoms with van der Waals surface area (Å²) in [7, 11) is 0. The smallest absolute Gasteiger partial charge is 0.303 e. The summed E-state index contributed by atoms with van der Waals surface area (Å²) in [5.74, 6) is -2.87. The van der Waals surface area contributed by atoms with Gasteiger partial charge < -0.3 is 10.0 Å². The Hall–Kier alpha value is -2.24. The lowest BCUT2D eigenvalue weighted by Gasteiger charge is -2.16. The van der Waals surface area contributed by atoms with E-state index in [0.29, 0.717) is 19.3 Å². The van der Waals surface area contributed by atoms with Gasteiger partial charge in [-0.25, -0.2) is 4.39 Å². The van der Waals surface area contributed by atoms with Gasteiger partial charge in [0.2, 0.25) is 0 Å². The molecule has 0 radical (unpaired) electrons. The molecule has 5 nitrogen and oxygen atoms in total. The second-order valence-electron chi connectivity index (χ2n) is 4.63. The van der Waals surface area contributed by atoms with Crippen LogP contribution in [0, 0.1) is 5.82 Å². The number of carbonyl (C=O) groups excluding carboxylic acids is 2. The average Bonchev–Trinajstić information content (AvgIpc) is 2.64. The second-order valence-corrected chi connectivity index (χ2v) is 4.63. The summed E-state index contributed by atoms with van der Waals surface area (Å²) in [6.07, 6.45) is 1.70. The molecule has 0 aromatic heterocycles. The number of amides is 1. The summed E-state index contributed by atoms with van der Waals surface area (Å²) in [5, 5.41) is 8.51. The number of ketones is 1. The van der Waals surface area contributed by atoms with Gasteiger partial charge in [-0.3, -0.25) is 14.4 Å². The standard InChI is InChI=1S/C14H14FNO4/c15-10-6-4-5-9-12(10)16(14(20)13(9)19)8-3-1-2-7-11(17)18/h4-6H,1-3,7-8H2,(H,17,18). The van der Waals surface area contributed by atoms with Crippen molar-refractivity contribution in [2.24, 2.45) is 0 Å². The number of benzene rings is 1. The molecule has 1 heterocycles. The topological polar surface area (TPSA) is 74.7 Å². The predicted octanol–water partition coefficient (Wildman–Crippen LogP) is 2.00. The third kappa shape index (κ3) is 2.68. The highest BCUT2D eigenvalue weighted by atomic mass is 19.1. The maximum Gasteiger partial charge on any atom is 0.303 e. The van der Waals surface area contributed by atoms with Crippen LogP contribution in [0.1, 0.15) is 36.0 Å². The van der Waals surface area contributed by atoms with E-state index in [1.54, 1.807) is 0 Å². The van der Waals surface area contributed by atoms with Crippen LogP contribution in [0.25, 0.3) is 0 Å². The van der Waals surface area contributed by atoms with E-state index in [-0.39, 0.29) is 24.2 Å². The van der Waals surface area contributed by atoms with Gasteiger partial charge in [0.25, 0.3) is 11.7 Å². The maximum atomic E-state index is 13.7. The highest BCUT2D eigenvalue weighted by Crippen LogP contribution is 2.31. The summed E-state index contributed by atoms with van der Waals surface area (Å²) in [4.78, 5) is 35.0. The number of carboxylic acid groups (broad SMARTS) is 1. The minimum atomic E-state index is -0.867. The molecule has 6 heteroatoms. The van der Waals surface area contributed by atoms with Gasteiger partial charge in [-0.1, -0.05) is 12.5 Å². The zero-order valence-corrected chi connectivity index (χ0v) is 10.8. The lowest BCUT2D eigenvalue weighted by atomic mass is 10.1. The maximum absolute atomic E-state index is 13.7. The molecule has 0 saturated heterocycles. The summed E-state index contributed by atoms with van der Waals surface area (Å²) in [6, 6.07) is 4.04. The van der Waals surface area contributed by atoms with Gasteiger partial charge in [-0.15, -0.1) is 0 Å². The molecule has 2 rings (SSSR count). The van der Waals surface area contributed by atoms with Crippen LogP contribution in [0.3, 0.4) is 0 Å². The second kappa shape index (κ2) is 5.81. The average molecular weight is 279 g/mol. The van der Waals surface area contributed by atoms with E-state index in [0.717, 1.165) is 4.90 Å². The molecule has 106 valence electrons.